The summed E-state index contributed by atoms with van der Waals surface area (Å²) in [4.78, 5) is 52.0. The molecule has 0 fully saturated rings. The summed E-state index contributed by atoms with van der Waals surface area (Å²) >= 11 is 1.45. The Labute approximate surface area is 260 Å². The van der Waals surface area contributed by atoms with Crippen LogP contribution in [0.3, 0.4) is 0 Å². The summed E-state index contributed by atoms with van der Waals surface area (Å²) in [6.45, 7) is 0. The van der Waals surface area contributed by atoms with E-state index in [1.807, 2.05) is 36.6 Å². The van der Waals surface area contributed by atoms with E-state index in [1.165, 1.54) is 36.0 Å². The normalized spacial score (nSPS) is 13.6. The van der Waals surface area contributed by atoms with E-state index >= 15 is 0 Å². The van der Waals surface area contributed by atoms with Crippen LogP contribution in [0.1, 0.15) is 23.1 Å². The monoisotopic (exact) mass is 622 g/mol. The third kappa shape index (κ3) is 10.9. The zero-order valence-corrected chi connectivity index (χ0v) is 25.1. The van der Waals surface area contributed by atoms with Crippen LogP contribution in [-0.4, -0.2) is 75.2 Å². The molecule has 44 heavy (non-hydrogen) atoms. The Hall–Kier alpha value is -4.55. The summed E-state index contributed by atoms with van der Waals surface area (Å²) in [5.41, 5.74) is 8.25. The molecule has 4 atom stereocenters. The minimum Gasteiger partial charge on any atom is -0.508 e. The molecule has 8 N–H and O–H groups in total. The predicted octanol–water partition coefficient (Wildman–Crippen LogP) is 1.75. The molecule has 234 valence electrons. The highest BCUT2D eigenvalue weighted by Crippen LogP contribution is 2.14. The van der Waals surface area contributed by atoms with Crippen LogP contribution in [0.4, 0.5) is 0 Å². The summed E-state index contributed by atoms with van der Waals surface area (Å²) in [7, 11) is 0. The van der Waals surface area contributed by atoms with Crippen molar-refractivity contribution >= 4 is 35.5 Å². The van der Waals surface area contributed by atoms with E-state index < -0.39 is 47.9 Å². The van der Waals surface area contributed by atoms with Gasteiger partial charge in [-0.1, -0.05) is 54.6 Å². The number of aromatic hydroxyl groups is 2. The van der Waals surface area contributed by atoms with E-state index in [0.717, 1.165) is 5.56 Å². The van der Waals surface area contributed by atoms with Gasteiger partial charge in [0.1, 0.15) is 29.6 Å². The van der Waals surface area contributed by atoms with Crippen LogP contribution in [0.2, 0.25) is 0 Å². The number of rotatable bonds is 16. The molecule has 3 aromatic carbocycles. The molecular formula is C32H38N4O7S. The summed E-state index contributed by atoms with van der Waals surface area (Å²) in [6, 6.07) is 16.9. The lowest BCUT2D eigenvalue weighted by Gasteiger charge is -2.25. The Kier molecular flexibility index (Phi) is 13.1. The summed E-state index contributed by atoms with van der Waals surface area (Å²) < 4.78 is 0. The first-order valence-corrected chi connectivity index (χ1v) is 15.4. The van der Waals surface area contributed by atoms with Crippen molar-refractivity contribution in [3.63, 3.8) is 0 Å². The van der Waals surface area contributed by atoms with Crippen LogP contribution < -0.4 is 21.7 Å². The number of phenols is 2. The van der Waals surface area contributed by atoms with Gasteiger partial charge in [-0.15, -0.1) is 0 Å². The highest BCUT2D eigenvalue weighted by Gasteiger charge is 2.30. The third-order valence-corrected chi connectivity index (χ3v) is 7.52. The van der Waals surface area contributed by atoms with Crippen molar-refractivity contribution in [1.29, 1.82) is 0 Å². The Balaban J connectivity index is 1.76. The third-order valence-electron chi connectivity index (χ3n) is 6.88. The molecule has 3 rings (SSSR count). The zero-order valence-electron chi connectivity index (χ0n) is 24.3. The van der Waals surface area contributed by atoms with Crippen LogP contribution in [0, 0.1) is 0 Å². The standard InChI is InChI=1S/C32H38N4O7S/c1-44-16-15-26(30(40)36-28(32(42)43)19-22-9-13-24(38)14-10-22)34-31(41)27(18-21-7-11-23(37)12-8-21)35-29(39)25(33)17-20-5-3-2-4-6-20/h2-14,25-28,37-38H,15-19,33H2,1H3,(H,34,41)(H,35,39)(H,36,40)(H,42,43). The molecule has 0 aliphatic rings. The molecule has 12 heteroatoms. The van der Waals surface area contributed by atoms with Crippen LogP contribution >= 0.6 is 11.8 Å². The van der Waals surface area contributed by atoms with Crippen molar-refractivity contribution in [1.82, 2.24) is 16.0 Å². The number of nitrogens with two attached hydrogens (primary N) is 1. The van der Waals surface area contributed by atoms with E-state index in [-0.39, 0.29) is 37.2 Å². The van der Waals surface area contributed by atoms with Crippen molar-refractivity contribution in [2.45, 2.75) is 49.9 Å². The Bertz CT molecular complexity index is 1390. The number of carboxylic acids is 1. The maximum atomic E-state index is 13.6. The number of aliphatic carboxylic acids is 1. The minimum atomic E-state index is -1.29. The number of benzene rings is 3. The molecule has 0 saturated carbocycles. The van der Waals surface area contributed by atoms with Gasteiger partial charge in [0.25, 0.3) is 0 Å². The SMILES string of the molecule is CSCCC(NC(=O)C(Cc1ccc(O)cc1)NC(=O)C(N)Cc1ccccc1)C(=O)NC(Cc1ccc(O)cc1)C(=O)O. The zero-order chi connectivity index (χ0) is 32.1. The molecule has 0 bridgehead atoms. The molecule has 0 saturated heterocycles. The predicted molar refractivity (Wildman–Crippen MR) is 168 cm³/mol. The molecule has 4 unspecified atom stereocenters. The van der Waals surface area contributed by atoms with E-state index in [0.29, 0.717) is 16.9 Å². The molecule has 0 spiro atoms. The Morgan fingerprint density at radius 2 is 1.11 bits per heavy atom. The lowest BCUT2D eigenvalue weighted by Crippen LogP contribution is -2.58. The van der Waals surface area contributed by atoms with Gasteiger partial charge in [-0.25, -0.2) is 4.79 Å². The van der Waals surface area contributed by atoms with Crippen molar-refractivity contribution in [2.75, 3.05) is 12.0 Å². The summed E-state index contributed by atoms with van der Waals surface area (Å²) in [5, 5.41) is 36.9. The fraction of sp³-hybridized carbons (Fsp3) is 0.312. The lowest BCUT2D eigenvalue weighted by atomic mass is 10.0. The summed E-state index contributed by atoms with van der Waals surface area (Å²) in [6.07, 6.45) is 2.30. The molecule has 0 aliphatic carbocycles. The van der Waals surface area contributed by atoms with E-state index in [1.54, 1.807) is 24.3 Å². The molecule has 3 aromatic rings. The second kappa shape index (κ2) is 16.9. The Morgan fingerprint density at radius 1 is 0.659 bits per heavy atom. The van der Waals surface area contributed by atoms with Gasteiger partial charge in [0, 0.05) is 12.8 Å². The first kappa shape index (κ1) is 33.9. The van der Waals surface area contributed by atoms with E-state index in [2.05, 4.69) is 16.0 Å². The summed E-state index contributed by atoms with van der Waals surface area (Å²) in [5.74, 6) is -2.59. The average Bonchev–Trinajstić information content (AvgIpc) is 3.00. The van der Waals surface area contributed by atoms with E-state index in [9.17, 15) is 34.5 Å². The van der Waals surface area contributed by atoms with Crippen molar-refractivity contribution in [2.24, 2.45) is 5.73 Å². The molecule has 3 amide bonds. The van der Waals surface area contributed by atoms with Gasteiger partial charge in [-0.05, 0) is 65.8 Å². The van der Waals surface area contributed by atoms with Gasteiger partial charge < -0.3 is 37.0 Å². The van der Waals surface area contributed by atoms with Gasteiger partial charge in [0.2, 0.25) is 17.7 Å². The second-order valence-electron chi connectivity index (χ2n) is 10.3. The van der Waals surface area contributed by atoms with Crippen molar-refractivity contribution in [3.05, 3.63) is 95.6 Å². The number of carboxylic acid groups (broad SMARTS) is 1. The molecule has 0 heterocycles. The fourth-order valence-corrected chi connectivity index (χ4v) is 4.90. The number of hydrogen-bond acceptors (Lipinski definition) is 8. The number of amides is 3. The lowest BCUT2D eigenvalue weighted by molar-refractivity contribution is -0.142. The Morgan fingerprint density at radius 3 is 1.64 bits per heavy atom. The number of thioether (sulfide) groups is 1. The molecule has 11 nitrogen and oxygen atoms in total. The number of phenolic OH excluding ortho intramolecular Hbond substituents is 2. The number of carbonyl (C=O) groups excluding carboxylic acids is 3. The molecule has 0 aliphatic heterocycles. The highest BCUT2D eigenvalue weighted by molar-refractivity contribution is 7.98. The van der Waals surface area contributed by atoms with Gasteiger partial charge in [0.15, 0.2) is 0 Å². The maximum Gasteiger partial charge on any atom is 0.326 e. The largest absolute Gasteiger partial charge is 0.508 e. The van der Waals surface area contributed by atoms with Crippen LogP contribution in [0.15, 0.2) is 78.9 Å². The number of hydrogen-bond donors (Lipinski definition) is 7. The minimum absolute atomic E-state index is 0.0273. The van der Waals surface area contributed by atoms with Crippen LogP contribution in [0.25, 0.3) is 0 Å². The molecular weight excluding hydrogens is 584 g/mol. The van der Waals surface area contributed by atoms with Crippen molar-refractivity contribution in [3.8, 4) is 11.5 Å². The quantitative estimate of drug-likeness (QED) is 0.125. The van der Waals surface area contributed by atoms with Crippen LogP contribution in [-0.2, 0) is 38.4 Å². The smallest absolute Gasteiger partial charge is 0.326 e. The van der Waals surface area contributed by atoms with Crippen LogP contribution in [0.5, 0.6) is 11.5 Å². The number of nitrogens with one attached hydrogen (secondary N) is 3. The molecule has 0 aromatic heterocycles. The van der Waals surface area contributed by atoms with Gasteiger partial charge in [-0.3, -0.25) is 14.4 Å². The van der Waals surface area contributed by atoms with E-state index in [4.69, 9.17) is 5.73 Å². The topological polar surface area (TPSA) is 191 Å². The second-order valence-corrected chi connectivity index (χ2v) is 11.3. The van der Waals surface area contributed by atoms with Gasteiger partial charge >= 0.3 is 5.97 Å². The molecule has 0 radical (unpaired) electrons. The van der Waals surface area contributed by atoms with Crippen molar-refractivity contribution < 1.29 is 34.5 Å². The fourth-order valence-electron chi connectivity index (χ4n) is 4.43. The first-order chi connectivity index (χ1) is 21.0. The first-order valence-electron chi connectivity index (χ1n) is 14.0. The van der Waals surface area contributed by atoms with Gasteiger partial charge in [0.05, 0.1) is 6.04 Å². The van der Waals surface area contributed by atoms with Gasteiger partial charge in [-0.2, -0.15) is 11.8 Å². The number of carbonyl (C=O) groups is 4. The highest BCUT2D eigenvalue weighted by atomic mass is 32.2. The maximum absolute atomic E-state index is 13.6. The average molecular weight is 623 g/mol.